The SMILES string of the molecule is CCCCCCCC/C=C\CCCCCC(=O)OC1C(OCC(NC(=O)C(O)CCCCCCCCCCCCCCCCCC)C(O)/C=C/CCCCCCCCCCCCC)OC(CO)C(O)C1O. The van der Waals surface area contributed by atoms with Gasteiger partial charge in [-0.1, -0.05) is 251 Å². The Balaban J connectivity index is 2.72. The number of carbonyl (C=O) groups excluding carboxylic acids is 2. The average Bonchev–Trinajstić information content (AvgIpc) is 3.37. The third-order valence-corrected chi connectivity index (χ3v) is 14.4. The molecule has 11 nitrogen and oxygen atoms in total. The summed E-state index contributed by atoms with van der Waals surface area (Å²) in [6.45, 7) is 5.79. The van der Waals surface area contributed by atoms with Crippen LogP contribution in [0.2, 0.25) is 0 Å². The molecule has 1 aliphatic heterocycles. The van der Waals surface area contributed by atoms with Crippen molar-refractivity contribution in [2.75, 3.05) is 13.2 Å². The normalized spacial score (nSPS) is 19.7. The van der Waals surface area contributed by atoms with Crippen LogP contribution >= 0.6 is 0 Å². The molecule has 11 heteroatoms. The van der Waals surface area contributed by atoms with Crippen LogP contribution in [0, 0.1) is 0 Å². The summed E-state index contributed by atoms with van der Waals surface area (Å²) in [7, 11) is 0. The largest absolute Gasteiger partial charge is 0.454 e. The molecule has 0 aromatic carbocycles. The summed E-state index contributed by atoms with van der Waals surface area (Å²) >= 11 is 0. The molecular formula is C60H113NO10. The van der Waals surface area contributed by atoms with Crippen molar-refractivity contribution in [2.24, 2.45) is 0 Å². The van der Waals surface area contributed by atoms with Crippen LogP contribution in [0.5, 0.6) is 0 Å². The second-order valence-electron chi connectivity index (χ2n) is 21.1. The van der Waals surface area contributed by atoms with Gasteiger partial charge in [0.2, 0.25) is 5.91 Å². The predicted molar refractivity (Wildman–Crippen MR) is 292 cm³/mol. The van der Waals surface area contributed by atoms with Gasteiger partial charge in [0.25, 0.3) is 0 Å². The lowest BCUT2D eigenvalue weighted by atomic mass is 9.99. The van der Waals surface area contributed by atoms with Gasteiger partial charge in [-0.15, -0.1) is 0 Å². The lowest BCUT2D eigenvalue weighted by molar-refractivity contribution is -0.305. The molecule has 0 bridgehead atoms. The van der Waals surface area contributed by atoms with Gasteiger partial charge < -0.3 is 45.1 Å². The van der Waals surface area contributed by atoms with Crippen molar-refractivity contribution in [3.8, 4) is 0 Å². The molecule has 0 radical (unpaired) electrons. The zero-order chi connectivity index (χ0) is 51.8. The van der Waals surface area contributed by atoms with E-state index in [1.54, 1.807) is 6.08 Å². The van der Waals surface area contributed by atoms with E-state index in [2.05, 4.69) is 38.2 Å². The average molecular weight is 1010 g/mol. The Labute approximate surface area is 435 Å². The Morgan fingerprint density at radius 2 is 0.930 bits per heavy atom. The number of aliphatic hydroxyl groups is 5. The van der Waals surface area contributed by atoms with Gasteiger partial charge in [-0.25, -0.2) is 0 Å². The quantitative estimate of drug-likeness (QED) is 0.0195. The first-order valence-electron chi connectivity index (χ1n) is 30.1. The van der Waals surface area contributed by atoms with Crippen LogP contribution in [-0.4, -0.2) is 99.6 Å². The lowest BCUT2D eigenvalue weighted by Gasteiger charge is -2.41. The van der Waals surface area contributed by atoms with Crippen molar-refractivity contribution in [1.29, 1.82) is 0 Å². The molecular weight excluding hydrogens is 895 g/mol. The second-order valence-corrected chi connectivity index (χ2v) is 21.1. The number of aliphatic hydroxyl groups excluding tert-OH is 5. The Hall–Kier alpha value is -1.86. The summed E-state index contributed by atoms with van der Waals surface area (Å²) in [5.74, 6) is -1.20. The number of esters is 1. The van der Waals surface area contributed by atoms with E-state index in [1.807, 2.05) is 6.08 Å². The van der Waals surface area contributed by atoms with E-state index in [1.165, 1.54) is 173 Å². The summed E-state index contributed by atoms with van der Waals surface area (Å²) < 4.78 is 17.6. The standard InChI is InChI=1S/C60H113NO10/c1-4-7-10-13-16-19-22-25-26-27-30-32-35-38-41-44-47-53(64)59(68)61-51(52(63)46-43-40-37-34-31-28-23-20-17-14-11-8-5-2)50-69-60-58(57(67)56(66)54(49-62)70-60)71-55(65)48-45-42-39-36-33-29-24-21-18-15-12-9-6-3/h29,33,43,46,51-54,56-58,60,62-64,66-67H,4-28,30-32,34-42,44-45,47-50H2,1-3H3,(H,61,68)/b33-29-,46-43+. The van der Waals surface area contributed by atoms with Crippen LogP contribution in [0.3, 0.4) is 0 Å². The van der Waals surface area contributed by atoms with E-state index >= 15 is 0 Å². The van der Waals surface area contributed by atoms with Crippen molar-refractivity contribution in [1.82, 2.24) is 5.32 Å². The first-order chi connectivity index (χ1) is 34.7. The molecule has 8 atom stereocenters. The molecule has 1 aliphatic rings. The van der Waals surface area contributed by atoms with E-state index < -0.39 is 67.4 Å². The molecule has 1 saturated heterocycles. The number of nitrogens with one attached hydrogen (secondary N) is 1. The van der Waals surface area contributed by atoms with E-state index in [9.17, 15) is 35.1 Å². The van der Waals surface area contributed by atoms with Crippen molar-refractivity contribution in [2.45, 2.75) is 333 Å². The fourth-order valence-electron chi connectivity index (χ4n) is 9.53. The van der Waals surface area contributed by atoms with Gasteiger partial charge in [0.15, 0.2) is 12.4 Å². The zero-order valence-electron chi connectivity index (χ0n) is 46.1. The molecule has 6 N–H and O–H groups in total. The molecule has 0 spiro atoms. The maximum Gasteiger partial charge on any atom is 0.306 e. The highest BCUT2D eigenvalue weighted by Gasteiger charge is 2.47. The van der Waals surface area contributed by atoms with Gasteiger partial charge in [-0.05, 0) is 51.4 Å². The fourth-order valence-corrected chi connectivity index (χ4v) is 9.53. The highest BCUT2D eigenvalue weighted by molar-refractivity contribution is 5.80. The molecule has 1 rings (SSSR count). The van der Waals surface area contributed by atoms with Crippen molar-refractivity contribution in [3.63, 3.8) is 0 Å². The summed E-state index contributed by atoms with van der Waals surface area (Å²) in [5, 5.41) is 56.9. The van der Waals surface area contributed by atoms with Gasteiger partial charge in [0, 0.05) is 6.42 Å². The molecule has 0 aliphatic carbocycles. The van der Waals surface area contributed by atoms with E-state index in [-0.39, 0.29) is 13.0 Å². The number of carbonyl (C=O) groups is 2. The van der Waals surface area contributed by atoms with Gasteiger partial charge in [0.1, 0.15) is 24.4 Å². The minimum absolute atomic E-state index is 0.107. The number of hydrogen-bond donors (Lipinski definition) is 6. The van der Waals surface area contributed by atoms with Crippen LogP contribution in [-0.2, 0) is 23.8 Å². The Bertz CT molecular complexity index is 1250. The van der Waals surface area contributed by atoms with Crippen molar-refractivity contribution < 1.29 is 49.3 Å². The van der Waals surface area contributed by atoms with E-state index in [4.69, 9.17) is 14.2 Å². The van der Waals surface area contributed by atoms with Crippen LogP contribution in [0.15, 0.2) is 24.3 Å². The first-order valence-corrected chi connectivity index (χ1v) is 30.1. The van der Waals surface area contributed by atoms with Crippen molar-refractivity contribution >= 4 is 11.9 Å². The number of ether oxygens (including phenoxy) is 3. The minimum atomic E-state index is -1.61. The minimum Gasteiger partial charge on any atom is -0.454 e. The number of amides is 1. The Morgan fingerprint density at radius 1 is 0.535 bits per heavy atom. The summed E-state index contributed by atoms with van der Waals surface area (Å²) in [4.78, 5) is 26.5. The third-order valence-electron chi connectivity index (χ3n) is 14.4. The lowest BCUT2D eigenvalue weighted by Crippen LogP contribution is -2.61. The number of hydrogen-bond acceptors (Lipinski definition) is 10. The maximum absolute atomic E-state index is 13.4. The van der Waals surface area contributed by atoms with Crippen LogP contribution < -0.4 is 5.32 Å². The van der Waals surface area contributed by atoms with Crippen molar-refractivity contribution in [3.05, 3.63) is 24.3 Å². The third kappa shape index (κ3) is 37.5. The topological polar surface area (TPSA) is 175 Å². The fraction of sp³-hybridized carbons (Fsp3) is 0.900. The zero-order valence-corrected chi connectivity index (χ0v) is 46.1. The van der Waals surface area contributed by atoms with Crippen LogP contribution in [0.25, 0.3) is 0 Å². The summed E-state index contributed by atoms with van der Waals surface area (Å²) in [6.07, 6.45) is 45.0. The van der Waals surface area contributed by atoms with Crippen LogP contribution in [0.1, 0.15) is 284 Å². The number of rotatable bonds is 51. The smallest absolute Gasteiger partial charge is 0.306 e. The molecule has 418 valence electrons. The maximum atomic E-state index is 13.4. The van der Waals surface area contributed by atoms with Gasteiger partial charge in [0.05, 0.1) is 25.4 Å². The molecule has 0 aromatic rings. The number of allylic oxidation sites excluding steroid dienone is 3. The van der Waals surface area contributed by atoms with Gasteiger partial charge >= 0.3 is 5.97 Å². The van der Waals surface area contributed by atoms with Gasteiger partial charge in [-0.2, -0.15) is 0 Å². The molecule has 71 heavy (non-hydrogen) atoms. The summed E-state index contributed by atoms with van der Waals surface area (Å²) in [6, 6.07) is -1.02. The van der Waals surface area contributed by atoms with E-state index in [0.717, 1.165) is 64.2 Å². The molecule has 1 heterocycles. The highest BCUT2D eigenvalue weighted by Crippen LogP contribution is 2.26. The van der Waals surface area contributed by atoms with Gasteiger partial charge in [-0.3, -0.25) is 9.59 Å². The molecule has 0 aromatic heterocycles. The predicted octanol–water partition coefficient (Wildman–Crippen LogP) is 13.7. The molecule has 0 saturated carbocycles. The monoisotopic (exact) mass is 1010 g/mol. The second kappa shape index (κ2) is 49.0. The first kappa shape index (κ1) is 67.2. The molecule has 1 amide bonds. The molecule has 8 unspecified atom stereocenters. The Kier molecular flexibility index (Phi) is 46.4. The van der Waals surface area contributed by atoms with E-state index in [0.29, 0.717) is 19.3 Å². The summed E-state index contributed by atoms with van der Waals surface area (Å²) in [5.41, 5.74) is 0. The highest BCUT2D eigenvalue weighted by atomic mass is 16.7. The molecule has 1 fully saturated rings. The van der Waals surface area contributed by atoms with Crippen LogP contribution in [0.4, 0.5) is 0 Å². The number of unbranched alkanes of at least 4 members (excludes halogenated alkanes) is 35. The Morgan fingerprint density at radius 3 is 1.37 bits per heavy atom.